The number of ether oxygens (including phenoxy) is 1. The van der Waals surface area contributed by atoms with Crippen LogP contribution in [0.3, 0.4) is 0 Å². The molecule has 0 aliphatic carbocycles. The number of hydrogen-bond donors (Lipinski definition) is 3. The number of hydrogen-bond acceptors (Lipinski definition) is 9. The van der Waals surface area contributed by atoms with Gasteiger partial charge in [-0.05, 0) is 65.2 Å². The third-order valence-corrected chi connectivity index (χ3v) is 7.61. The lowest BCUT2D eigenvalue weighted by Crippen LogP contribution is -2.41. The molecule has 14 heteroatoms. The number of Topliss-reactive ketones (excluding diaryl/α,β-unsaturated/α-hetero) is 1. The lowest BCUT2D eigenvalue weighted by Gasteiger charge is -2.32. The molecule has 0 saturated carbocycles. The van der Waals surface area contributed by atoms with Crippen LogP contribution in [0.1, 0.15) is 62.9 Å². The summed E-state index contributed by atoms with van der Waals surface area (Å²) < 4.78 is 72.3. The van der Waals surface area contributed by atoms with Gasteiger partial charge in [-0.3, -0.25) is 14.9 Å². The lowest BCUT2D eigenvalue weighted by molar-refractivity contribution is 0.00578. The van der Waals surface area contributed by atoms with Gasteiger partial charge in [-0.15, -0.1) is 0 Å². The van der Waals surface area contributed by atoms with Crippen LogP contribution in [0.5, 0.6) is 0 Å². The maximum atomic E-state index is 15.2. The van der Waals surface area contributed by atoms with E-state index >= 15 is 4.39 Å². The summed E-state index contributed by atoms with van der Waals surface area (Å²) in [7, 11) is -4.90. The number of benzene rings is 1. The average molecular weight is 564 g/mol. The molecule has 4 rings (SSSR count). The first-order valence-electron chi connectivity index (χ1n) is 12.4. The van der Waals surface area contributed by atoms with Gasteiger partial charge in [0.15, 0.2) is 5.82 Å². The number of halogens is 2. The van der Waals surface area contributed by atoms with Crippen molar-refractivity contribution in [3.05, 3.63) is 47.2 Å². The fraction of sp³-hybridized carbons (Fsp3) is 0.480. The van der Waals surface area contributed by atoms with Crippen LogP contribution in [0.25, 0.3) is 0 Å². The number of carbonyl (C=O) groups excluding carboxylic acids is 1. The third kappa shape index (κ3) is 6.13. The van der Waals surface area contributed by atoms with E-state index < -0.39 is 69.0 Å². The highest BCUT2D eigenvalue weighted by molar-refractivity contribution is 7.92. The van der Waals surface area contributed by atoms with Crippen molar-refractivity contribution < 1.29 is 36.0 Å². The zero-order valence-electron chi connectivity index (χ0n) is 22.4. The van der Waals surface area contributed by atoms with E-state index in [1.165, 1.54) is 12.3 Å². The van der Waals surface area contributed by atoms with Gasteiger partial charge in [-0.2, -0.15) is 0 Å². The van der Waals surface area contributed by atoms with Gasteiger partial charge in [0.05, 0.1) is 23.0 Å². The summed E-state index contributed by atoms with van der Waals surface area (Å²) >= 11 is 0. The SMILES string of the molecule is CC1(C)OB(c2cnc(NC3CCCCO3)c(C(=N)C(=O)c3ccc(F)c(NS(C)(=O)=O)c3F)c2)OC1(C)C. The Morgan fingerprint density at radius 3 is 2.38 bits per heavy atom. The maximum absolute atomic E-state index is 15.2. The van der Waals surface area contributed by atoms with Gasteiger partial charge in [-0.25, -0.2) is 22.2 Å². The van der Waals surface area contributed by atoms with Crippen LogP contribution in [-0.2, 0) is 24.1 Å². The average Bonchev–Trinajstić information content (AvgIpc) is 3.08. The Labute approximate surface area is 226 Å². The molecule has 0 bridgehead atoms. The van der Waals surface area contributed by atoms with Crippen molar-refractivity contribution in [2.75, 3.05) is 22.9 Å². The molecule has 210 valence electrons. The van der Waals surface area contributed by atoms with Crippen LogP contribution in [0.15, 0.2) is 24.4 Å². The Morgan fingerprint density at radius 1 is 1.13 bits per heavy atom. The predicted molar refractivity (Wildman–Crippen MR) is 143 cm³/mol. The van der Waals surface area contributed by atoms with Gasteiger partial charge < -0.3 is 19.4 Å². The van der Waals surface area contributed by atoms with Crippen molar-refractivity contribution in [2.45, 2.75) is 64.4 Å². The molecule has 0 spiro atoms. The number of ketones is 1. The number of carbonyl (C=O) groups is 1. The van der Waals surface area contributed by atoms with Gasteiger partial charge in [-0.1, -0.05) is 0 Å². The molecule has 10 nitrogen and oxygen atoms in total. The van der Waals surface area contributed by atoms with Crippen molar-refractivity contribution in [1.82, 2.24) is 4.98 Å². The van der Waals surface area contributed by atoms with E-state index in [0.29, 0.717) is 18.5 Å². The van der Waals surface area contributed by atoms with Gasteiger partial charge >= 0.3 is 7.12 Å². The molecule has 2 aliphatic rings. The van der Waals surface area contributed by atoms with Crippen LogP contribution in [0, 0.1) is 17.0 Å². The number of nitrogens with one attached hydrogen (secondary N) is 3. The van der Waals surface area contributed by atoms with E-state index in [4.69, 9.17) is 19.5 Å². The van der Waals surface area contributed by atoms with Crippen LogP contribution in [0.4, 0.5) is 20.3 Å². The third-order valence-electron chi connectivity index (χ3n) is 7.03. The van der Waals surface area contributed by atoms with Crippen LogP contribution >= 0.6 is 0 Å². The number of nitrogens with zero attached hydrogens (tertiary/aromatic N) is 1. The number of rotatable bonds is 8. The highest BCUT2D eigenvalue weighted by atomic mass is 32.2. The number of aromatic nitrogens is 1. The minimum Gasteiger partial charge on any atom is -0.399 e. The van der Waals surface area contributed by atoms with E-state index in [9.17, 15) is 17.6 Å². The Morgan fingerprint density at radius 2 is 1.79 bits per heavy atom. The second-order valence-electron chi connectivity index (χ2n) is 10.6. The first-order chi connectivity index (χ1) is 18.1. The molecule has 1 aromatic carbocycles. The van der Waals surface area contributed by atoms with Crippen molar-refractivity contribution in [3.8, 4) is 0 Å². The minimum absolute atomic E-state index is 0.0164. The highest BCUT2D eigenvalue weighted by Gasteiger charge is 2.52. The molecule has 1 atom stereocenters. The van der Waals surface area contributed by atoms with E-state index in [1.807, 2.05) is 27.7 Å². The normalized spacial score (nSPS) is 20.5. The fourth-order valence-electron chi connectivity index (χ4n) is 4.17. The van der Waals surface area contributed by atoms with E-state index in [1.54, 1.807) is 4.72 Å². The molecule has 3 N–H and O–H groups in total. The monoisotopic (exact) mass is 564 g/mol. The number of sulfonamides is 1. The van der Waals surface area contributed by atoms with Crippen LogP contribution in [0.2, 0.25) is 0 Å². The standard InChI is InChI=1S/C25H31BF2N4O6S/c1-24(2)25(3,4)38-26(37-24)14-12-16(23(30-13-14)31-18-8-6-7-11-36-18)20(29)22(33)15-9-10-17(27)21(19(15)28)32-39(5,34)35/h9-10,12-13,18,29,32H,6-8,11H2,1-5H3,(H,30,31). The molecular weight excluding hydrogens is 533 g/mol. The first kappa shape index (κ1) is 29.1. The summed E-state index contributed by atoms with van der Waals surface area (Å²) in [6.45, 7) is 8.04. The van der Waals surface area contributed by atoms with Gasteiger partial charge in [0.1, 0.15) is 29.3 Å². The molecule has 0 amide bonds. The lowest BCUT2D eigenvalue weighted by atomic mass is 9.79. The molecule has 39 heavy (non-hydrogen) atoms. The molecule has 0 radical (unpaired) electrons. The summed E-state index contributed by atoms with van der Waals surface area (Å²) in [4.78, 5) is 17.8. The highest BCUT2D eigenvalue weighted by Crippen LogP contribution is 2.36. The molecule has 1 aromatic heterocycles. The molecule has 2 aromatic rings. The zero-order chi connectivity index (χ0) is 28.8. The van der Waals surface area contributed by atoms with Crippen molar-refractivity contribution in [2.24, 2.45) is 0 Å². The van der Waals surface area contributed by atoms with Gasteiger partial charge in [0.2, 0.25) is 15.8 Å². The minimum atomic E-state index is -4.05. The molecule has 2 fully saturated rings. The summed E-state index contributed by atoms with van der Waals surface area (Å²) in [5.74, 6) is -3.60. The molecule has 3 heterocycles. The number of anilines is 2. The Bertz CT molecular complexity index is 1400. The fourth-order valence-corrected chi connectivity index (χ4v) is 4.72. The molecular formula is C25H31BF2N4O6S. The Balaban J connectivity index is 1.73. The zero-order valence-corrected chi connectivity index (χ0v) is 23.2. The predicted octanol–water partition coefficient (Wildman–Crippen LogP) is 3.22. The summed E-state index contributed by atoms with van der Waals surface area (Å²) in [5.41, 5.74) is -3.22. The van der Waals surface area contributed by atoms with Gasteiger partial charge in [0, 0.05) is 23.8 Å². The first-order valence-corrected chi connectivity index (χ1v) is 14.3. The summed E-state index contributed by atoms with van der Waals surface area (Å²) in [6.07, 6.45) is 4.30. The van der Waals surface area contributed by atoms with E-state index in [2.05, 4.69) is 10.3 Å². The van der Waals surface area contributed by atoms with Crippen molar-refractivity contribution in [1.29, 1.82) is 5.41 Å². The van der Waals surface area contributed by atoms with Crippen LogP contribution in [-0.4, -0.2) is 62.3 Å². The van der Waals surface area contributed by atoms with Crippen LogP contribution < -0.4 is 15.5 Å². The van der Waals surface area contributed by atoms with E-state index in [-0.39, 0.29) is 11.4 Å². The second-order valence-corrected chi connectivity index (χ2v) is 12.4. The molecule has 2 saturated heterocycles. The Kier molecular flexibility index (Phi) is 7.87. The molecule has 2 aliphatic heterocycles. The van der Waals surface area contributed by atoms with E-state index in [0.717, 1.165) is 31.2 Å². The smallest absolute Gasteiger partial charge is 0.399 e. The quantitative estimate of drug-likeness (QED) is 0.252. The Hall–Kier alpha value is -2.94. The summed E-state index contributed by atoms with van der Waals surface area (Å²) in [5, 5.41) is 11.8. The largest absolute Gasteiger partial charge is 0.496 e. The maximum Gasteiger partial charge on any atom is 0.496 e. The second kappa shape index (κ2) is 10.6. The summed E-state index contributed by atoms with van der Waals surface area (Å²) in [6, 6.07) is 3.11. The van der Waals surface area contributed by atoms with Crippen molar-refractivity contribution >= 4 is 45.6 Å². The molecule has 1 unspecified atom stereocenters. The number of pyridine rings is 1. The topological polar surface area (TPSA) is 140 Å². The van der Waals surface area contributed by atoms with Gasteiger partial charge in [0.25, 0.3) is 0 Å². The van der Waals surface area contributed by atoms with Crippen molar-refractivity contribution in [3.63, 3.8) is 0 Å².